The van der Waals surface area contributed by atoms with Crippen LogP contribution in [-0.2, 0) is 6.42 Å². The molecule has 2 atom stereocenters. The van der Waals surface area contributed by atoms with E-state index in [1.54, 1.807) is 4.90 Å². The maximum Gasteiger partial charge on any atom is 0.274 e. The first-order valence-corrected chi connectivity index (χ1v) is 9.54. The summed E-state index contributed by atoms with van der Waals surface area (Å²) in [7, 11) is 0. The van der Waals surface area contributed by atoms with E-state index in [1.807, 2.05) is 36.5 Å². The van der Waals surface area contributed by atoms with Crippen LogP contribution in [0.25, 0.3) is 10.9 Å². The summed E-state index contributed by atoms with van der Waals surface area (Å²) in [4.78, 5) is 18.9. The molecule has 0 unspecified atom stereocenters. The molecular formula is C21H22N4O2. The van der Waals surface area contributed by atoms with Crippen LogP contribution in [0.2, 0.25) is 0 Å². The number of fused-ring (bicyclic) bond motifs is 1. The molecule has 5 rings (SSSR count). The summed E-state index contributed by atoms with van der Waals surface area (Å²) < 4.78 is 0. The van der Waals surface area contributed by atoms with Gasteiger partial charge in [-0.1, -0.05) is 18.2 Å². The van der Waals surface area contributed by atoms with E-state index < -0.39 is 6.10 Å². The summed E-state index contributed by atoms with van der Waals surface area (Å²) in [5.74, 6) is 0.455. The van der Waals surface area contributed by atoms with Crippen molar-refractivity contribution in [2.45, 2.75) is 31.3 Å². The number of nitrogens with one attached hydrogen (secondary N) is 1. The molecule has 6 nitrogen and oxygen atoms in total. The predicted molar refractivity (Wildman–Crippen MR) is 101 cm³/mol. The molecule has 1 aliphatic heterocycles. The van der Waals surface area contributed by atoms with Crippen LogP contribution in [0.5, 0.6) is 0 Å². The number of benzene rings is 1. The van der Waals surface area contributed by atoms with Gasteiger partial charge in [0.1, 0.15) is 5.69 Å². The Balaban J connectivity index is 1.32. The second kappa shape index (κ2) is 6.46. The molecule has 6 heteroatoms. The van der Waals surface area contributed by atoms with Crippen LogP contribution >= 0.6 is 0 Å². The van der Waals surface area contributed by atoms with E-state index in [-0.39, 0.29) is 11.8 Å². The average Bonchev–Trinajstić information content (AvgIpc) is 3.31. The number of hydrogen-bond donors (Lipinski definition) is 2. The SMILES string of the molecule is O=C(c1cc(C2CC2)[nH]n1)N1C[C@@H](Cc2ccnc3ccccc23)[C@H](O)C1. The lowest BCUT2D eigenvalue weighted by Crippen LogP contribution is -2.29. The number of aliphatic hydroxyl groups is 1. The molecule has 1 amide bonds. The van der Waals surface area contributed by atoms with E-state index in [4.69, 9.17) is 0 Å². The Labute approximate surface area is 157 Å². The molecule has 2 N–H and O–H groups in total. The number of β-amino-alcohol motifs (C(OH)–C–C–N with tert-alkyl or cyclic N) is 1. The fraction of sp³-hybridized carbons (Fsp3) is 0.381. The number of amides is 1. The third-order valence-corrected chi connectivity index (χ3v) is 5.75. The number of rotatable bonds is 4. The number of para-hydroxylation sites is 1. The number of pyridine rings is 1. The Kier molecular flexibility index (Phi) is 3.93. The van der Waals surface area contributed by atoms with Crippen molar-refractivity contribution < 1.29 is 9.90 Å². The maximum absolute atomic E-state index is 12.8. The lowest BCUT2D eigenvalue weighted by atomic mass is 9.94. The molecule has 1 saturated heterocycles. The number of nitrogens with zero attached hydrogens (tertiary/aromatic N) is 3. The molecule has 2 aliphatic rings. The Morgan fingerprint density at radius 2 is 2.07 bits per heavy atom. The van der Waals surface area contributed by atoms with E-state index in [1.165, 1.54) is 12.8 Å². The Hall–Kier alpha value is -2.73. The van der Waals surface area contributed by atoms with Crippen molar-refractivity contribution in [2.24, 2.45) is 5.92 Å². The van der Waals surface area contributed by atoms with Gasteiger partial charge in [0.2, 0.25) is 0 Å². The minimum Gasteiger partial charge on any atom is -0.391 e. The molecule has 0 radical (unpaired) electrons. The molecule has 3 aromatic rings. The summed E-state index contributed by atoms with van der Waals surface area (Å²) in [5.41, 5.74) is 3.63. The van der Waals surface area contributed by atoms with E-state index >= 15 is 0 Å². The molecule has 2 aromatic heterocycles. The summed E-state index contributed by atoms with van der Waals surface area (Å²) in [6.07, 6.45) is 4.34. The van der Waals surface area contributed by atoms with Crippen LogP contribution in [0, 0.1) is 5.92 Å². The molecule has 3 heterocycles. The number of aliphatic hydroxyl groups excluding tert-OH is 1. The number of likely N-dealkylation sites (tertiary alicyclic amines) is 1. The van der Waals surface area contributed by atoms with Crippen molar-refractivity contribution in [1.29, 1.82) is 0 Å². The van der Waals surface area contributed by atoms with Crippen LogP contribution in [0.1, 0.15) is 40.5 Å². The summed E-state index contributed by atoms with van der Waals surface area (Å²) in [6.45, 7) is 0.903. The summed E-state index contributed by atoms with van der Waals surface area (Å²) in [6, 6.07) is 11.9. The maximum atomic E-state index is 12.8. The molecule has 1 aliphatic carbocycles. The molecule has 138 valence electrons. The van der Waals surface area contributed by atoms with Gasteiger partial charge in [0.05, 0.1) is 11.6 Å². The third-order valence-electron chi connectivity index (χ3n) is 5.75. The highest BCUT2D eigenvalue weighted by atomic mass is 16.3. The highest BCUT2D eigenvalue weighted by Crippen LogP contribution is 2.39. The fourth-order valence-electron chi connectivity index (χ4n) is 4.05. The number of aromatic amines is 1. The van der Waals surface area contributed by atoms with Gasteiger partial charge in [0.25, 0.3) is 5.91 Å². The summed E-state index contributed by atoms with van der Waals surface area (Å²) in [5, 5.41) is 18.8. The van der Waals surface area contributed by atoms with Crippen molar-refractivity contribution in [3.8, 4) is 0 Å². The van der Waals surface area contributed by atoms with Crippen molar-refractivity contribution in [2.75, 3.05) is 13.1 Å². The minimum atomic E-state index is -0.525. The number of aromatic nitrogens is 3. The highest BCUT2D eigenvalue weighted by Gasteiger charge is 2.36. The van der Waals surface area contributed by atoms with Crippen LogP contribution in [-0.4, -0.2) is 50.3 Å². The van der Waals surface area contributed by atoms with Gasteiger partial charge in [0.15, 0.2) is 0 Å². The van der Waals surface area contributed by atoms with Crippen LogP contribution < -0.4 is 0 Å². The van der Waals surface area contributed by atoms with Gasteiger partial charge < -0.3 is 10.0 Å². The zero-order valence-corrected chi connectivity index (χ0v) is 15.0. The molecule has 2 fully saturated rings. The molecule has 1 saturated carbocycles. The van der Waals surface area contributed by atoms with E-state index in [0.29, 0.717) is 24.7 Å². The smallest absolute Gasteiger partial charge is 0.274 e. The Morgan fingerprint density at radius 3 is 2.93 bits per heavy atom. The Bertz CT molecular complexity index is 989. The van der Waals surface area contributed by atoms with Crippen LogP contribution in [0.3, 0.4) is 0 Å². The lowest BCUT2D eigenvalue weighted by molar-refractivity contribution is 0.0759. The standard InChI is InChI=1S/C21H22N4O2/c26-20-12-25(21(27)19-10-18(23-24-19)13-5-6-13)11-15(20)9-14-7-8-22-17-4-2-1-3-16(14)17/h1-4,7-8,10,13,15,20,26H,5-6,9,11-12H2,(H,23,24)/t15-,20-/m1/s1. The Morgan fingerprint density at radius 1 is 1.22 bits per heavy atom. The van der Waals surface area contributed by atoms with Gasteiger partial charge in [-0.15, -0.1) is 0 Å². The van der Waals surface area contributed by atoms with Crippen LogP contribution in [0.4, 0.5) is 0 Å². The monoisotopic (exact) mass is 362 g/mol. The summed E-state index contributed by atoms with van der Waals surface area (Å²) >= 11 is 0. The molecule has 1 aromatic carbocycles. The molecule has 27 heavy (non-hydrogen) atoms. The number of carbonyl (C=O) groups excluding carboxylic acids is 1. The predicted octanol–water partition coefficient (Wildman–Crippen LogP) is 2.51. The third kappa shape index (κ3) is 3.10. The van der Waals surface area contributed by atoms with Crippen molar-refractivity contribution in [1.82, 2.24) is 20.1 Å². The fourth-order valence-corrected chi connectivity index (χ4v) is 4.05. The van der Waals surface area contributed by atoms with Gasteiger partial charge in [-0.3, -0.25) is 14.9 Å². The first-order chi connectivity index (χ1) is 13.2. The zero-order valence-electron chi connectivity index (χ0n) is 15.0. The number of carbonyl (C=O) groups is 1. The molecular weight excluding hydrogens is 340 g/mol. The quantitative estimate of drug-likeness (QED) is 0.747. The second-order valence-corrected chi connectivity index (χ2v) is 7.71. The van der Waals surface area contributed by atoms with E-state index in [9.17, 15) is 9.90 Å². The van der Waals surface area contributed by atoms with Gasteiger partial charge >= 0.3 is 0 Å². The van der Waals surface area contributed by atoms with Crippen LogP contribution in [0.15, 0.2) is 42.6 Å². The van der Waals surface area contributed by atoms with E-state index in [2.05, 4.69) is 21.2 Å². The minimum absolute atomic E-state index is 0.0154. The average molecular weight is 362 g/mol. The van der Waals surface area contributed by atoms with Crippen molar-refractivity contribution in [3.63, 3.8) is 0 Å². The lowest BCUT2D eigenvalue weighted by Gasteiger charge is -2.15. The van der Waals surface area contributed by atoms with Gasteiger partial charge in [0, 0.05) is 42.2 Å². The molecule has 0 spiro atoms. The van der Waals surface area contributed by atoms with Crippen molar-refractivity contribution in [3.05, 3.63) is 59.5 Å². The first kappa shape index (κ1) is 16.4. The normalized spacial score (nSPS) is 22.5. The largest absolute Gasteiger partial charge is 0.391 e. The van der Waals surface area contributed by atoms with Gasteiger partial charge in [-0.05, 0) is 43.0 Å². The first-order valence-electron chi connectivity index (χ1n) is 9.54. The second-order valence-electron chi connectivity index (χ2n) is 7.71. The zero-order chi connectivity index (χ0) is 18.4. The van der Waals surface area contributed by atoms with E-state index in [0.717, 1.165) is 28.6 Å². The molecule has 0 bridgehead atoms. The number of H-pyrrole nitrogens is 1. The van der Waals surface area contributed by atoms with Crippen molar-refractivity contribution >= 4 is 16.8 Å². The number of hydrogen-bond acceptors (Lipinski definition) is 4. The topological polar surface area (TPSA) is 82.1 Å². The van der Waals surface area contributed by atoms with Gasteiger partial charge in [-0.25, -0.2) is 0 Å². The highest BCUT2D eigenvalue weighted by molar-refractivity contribution is 5.92. The van der Waals surface area contributed by atoms with Gasteiger partial charge in [-0.2, -0.15) is 5.10 Å².